The molecule has 0 bridgehead atoms. The maximum absolute atomic E-state index is 6.00. The molecule has 1 aliphatic heterocycles. The van der Waals surface area contributed by atoms with Gasteiger partial charge in [-0.2, -0.15) is 0 Å². The number of rotatable bonds is 8. The highest BCUT2D eigenvalue weighted by Crippen LogP contribution is 2.22. The predicted octanol–water partition coefficient (Wildman–Crippen LogP) is 2.04. The van der Waals surface area contributed by atoms with E-state index in [9.17, 15) is 0 Å². The van der Waals surface area contributed by atoms with Crippen molar-refractivity contribution >= 4 is 0 Å². The lowest BCUT2D eigenvalue weighted by atomic mass is 10.2. The highest BCUT2D eigenvalue weighted by molar-refractivity contribution is 5.33. The molecule has 0 radical (unpaired) electrons. The van der Waals surface area contributed by atoms with Crippen LogP contribution >= 0.6 is 0 Å². The van der Waals surface area contributed by atoms with Crippen LogP contribution < -0.4 is 10.1 Å². The summed E-state index contributed by atoms with van der Waals surface area (Å²) in [6, 6.07) is 9.09. The van der Waals surface area contributed by atoms with Gasteiger partial charge in [-0.25, -0.2) is 0 Å². The van der Waals surface area contributed by atoms with Crippen molar-refractivity contribution in [1.82, 2.24) is 10.2 Å². The van der Waals surface area contributed by atoms with E-state index in [1.807, 2.05) is 6.07 Å². The van der Waals surface area contributed by atoms with Gasteiger partial charge in [-0.1, -0.05) is 18.2 Å². The Morgan fingerprint density at radius 1 is 1.24 bits per heavy atom. The molecule has 0 aromatic heterocycles. The molecule has 0 spiro atoms. The largest absolute Gasteiger partial charge is 0.492 e. The first-order valence-electron chi connectivity index (χ1n) is 8.04. The number of hydrogen-bond donors (Lipinski definition) is 1. The molecule has 1 N–H and O–H groups in total. The van der Waals surface area contributed by atoms with Crippen molar-refractivity contribution in [3.05, 3.63) is 29.8 Å². The Kier molecular flexibility index (Phi) is 5.12. The van der Waals surface area contributed by atoms with Crippen LogP contribution in [0, 0.1) is 0 Å². The maximum atomic E-state index is 6.00. The first-order chi connectivity index (χ1) is 10.3. The van der Waals surface area contributed by atoms with Gasteiger partial charge in [0.2, 0.25) is 0 Å². The van der Waals surface area contributed by atoms with Crippen molar-refractivity contribution < 1.29 is 9.47 Å². The standard InChI is InChI=1S/C17H26N2O2/c1-20-16-8-9-19(13-16)10-11-21-17-5-3-2-4-14(17)12-18-15-6-7-15/h2-5,15-16,18H,6-13H2,1H3. The minimum Gasteiger partial charge on any atom is -0.492 e. The summed E-state index contributed by atoms with van der Waals surface area (Å²) in [7, 11) is 1.80. The summed E-state index contributed by atoms with van der Waals surface area (Å²) < 4.78 is 11.4. The number of nitrogens with zero attached hydrogens (tertiary/aromatic N) is 1. The van der Waals surface area contributed by atoms with E-state index in [1.54, 1.807) is 7.11 Å². The summed E-state index contributed by atoms with van der Waals surface area (Å²) in [5.74, 6) is 1.02. The molecular weight excluding hydrogens is 264 g/mol. The normalized spacial score (nSPS) is 22.6. The zero-order valence-corrected chi connectivity index (χ0v) is 12.9. The molecule has 4 nitrogen and oxygen atoms in total. The van der Waals surface area contributed by atoms with Gasteiger partial charge in [-0.05, 0) is 25.3 Å². The van der Waals surface area contributed by atoms with Crippen LogP contribution in [0.3, 0.4) is 0 Å². The molecule has 1 aromatic carbocycles. The SMILES string of the molecule is COC1CCN(CCOc2ccccc2CNC2CC2)C1. The Labute approximate surface area is 127 Å². The smallest absolute Gasteiger partial charge is 0.123 e. The molecule has 4 heteroatoms. The first-order valence-corrected chi connectivity index (χ1v) is 8.04. The van der Waals surface area contributed by atoms with E-state index in [0.717, 1.165) is 51.0 Å². The van der Waals surface area contributed by atoms with Gasteiger partial charge in [-0.3, -0.25) is 4.90 Å². The molecule has 116 valence electrons. The Morgan fingerprint density at radius 2 is 2.10 bits per heavy atom. The quantitative estimate of drug-likeness (QED) is 0.794. The fourth-order valence-electron chi connectivity index (χ4n) is 2.81. The number of likely N-dealkylation sites (tertiary alicyclic amines) is 1. The number of methoxy groups -OCH3 is 1. The van der Waals surface area contributed by atoms with E-state index in [0.29, 0.717) is 6.10 Å². The molecule has 1 atom stereocenters. The van der Waals surface area contributed by atoms with Crippen LogP contribution in [0.5, 0.6) is 5.75 Å². The van der Waals surface area contributed by atoms with Crippen molar-refractivity contribution in [3.63, 3.8) is 0 Å². The van der Waals surface area contributed by atoms with E-state index in [-0.39, 0.29) is 0 Å². The molecule has 1 unspecified atom stereocenters. The molecule has 1 aromatic rings. The molecule has 2 fully saturated rings. The van der Waals surface area contributed by atoms with Crippen LogP contribution in [0.1, 0.15) is 24.8 Å². The molecule has 0 amide bonds. The minimum absolute atomic E-state index is 0.403. The summed E-state index contributed by atoms with van der Waals surface area (Å²) in [4.78, 5) is 2.42. The maximum Gasteiger partial charge on any atom is 0.123 e. The van der Waals surface area contributed by atoms with Gasteiger partial charge in [0.1, 0.15) is 12.4 Å². The van der Waals surface area contributed by atoms with Gasteiger partial charge in [0.05, 0.1) is 6.10 Å². The number of benzene rings is 1. The van der Waals surface area contributed by atoms with E-state index < -0.39 is 0 Å². The van der Waals surface area contributed by atoms with Gasteiger partial charge in [0.15, 0.2) is 0 Å². The van der Waals surface area contributed by atoms with Crippen molar-refractivity contribution in [2.75, 3.05) is 33.4 Å². The average Bonchev–Trinajstić information content (AvgIpc) is 3.23. The van der Waals surface area contributed by atoms with Crippen molar-refractivity contribution in [2.24, 2.45) is 0 Å². The summed E-state index contributed by atoms with van der Waals surface area (Å²) in [6.45, 7) is 4.79. The lowest BCUT2D eigenvalue weighted by Crippen LogP contribution is -2.27. The van der Waals surface area contributed by atoms with E-state index in [2.05, 4.69) is 28.4 Å². The van der Waals surface area contributed by atoms with Crippen LogP contribution in [0.2, 0.25) is 0 Å². The third-order valence-corrected chi connectivity index (χ3v) is 4.36. The fourth-order valence-corrected chi connectivity index (χ4v) is 2.81. The summed E-state index contributed by atoms with van der Waals surface area (Å²) in [5, 5.41) is 3.55. The van der Waals surface area contributed by atoms with Crippen LogP contribution in [0.25, 0.3) is 0 Å². The molecule has 3 rings (SSSR count). The van der Waals surface area contributed by atoms with E-state index >= 15 is 0 Å². The Balaban J connectivity index is 1.43. The van der Waals surface area contributed by atoms with Crippen LogP contribution in [-0.4, -0.2) is 50.4 Å². The molecule has 1 saturated carbocycles. The second kappa shape index (κ2) is 7.25. The number of nitrogens with one attached hydrogen (secondary N) is 1. The Bertz CT molecular complexity index is 448. The highest BCUT2D eigenvalue weighted by atomic mass is 16.5. The lowest BCUT2D eigenvalue weighted by molar-refractivity contribution is 0.105. The van der Waals surface area contributed by atoms with Gasteiger partial charge >= 0.3 is 0 Å². The first kappa shape index (κ1) is 14.8. The number of hydrogen-bond acceptors (Lipinski definition) is 4. The van der Waals surface area contributed by atoms with Gasteiger partial charge in [-0.15, -0.1) is 0 Å². The lowest BCUT2D eigenvalue weighted by Gasteiger charge is -2.17. The third kappa shape index (κ3) is 4.43. The van der Waals surface area contributed by atoms with Gasteiger partial charge < -0.3 is 14.8 Å². The van der Waals surface area contributed by atoms with Crippen LogP contribution in [0.15, 0.2) is 24.3 Å². The minimum atomic E-state index is 0.403. The fraction of sp³-hybridized carbons (Fsp3) is 0.647. The monoisotopic (exact) mass is 290 g/mol. The van der Waals surface area contributed by atoms with E-state index in [1.165, 1.54) is 18.4 Å². The highest BCUT2D eigenvalue weighted by Gasteiger charge is 2.22. The zero-order valence-electron chi connectivity index (χ0n) is 12.9. The average molecular weight is 290 g/mol. The second-order valence-corrected chi connectivity index (χ2v) is 6.06. The number of para-hydroxylation sites is 1. The van der Waals surface area contributed by atoms with Crippen LogP contribution in [-0.2, 0) is 11.3 Å². The Hall–Kier alpha value is -1.10. The zero-order chi connectivity index (χ0) is 14.5. The van der Waals surface area contributed by atoms with Crippen molar-refractivity contribution in [2.45, 2.75) is 38.0 Å². The number of ether oxygens (including phenoxy) is 2. The molecule has 1 saturated heterocycles. The van der Waals surface area contributed by atoms with E-state index in [4.69, 9.17) is 9.47 Å². The second-order valence-electron chi connectivity index (χ2n) is 6.06. The van der Waals surface area contributed by atoms with Gasteiger partial charge in [0.25, 0.3) is 0 Å². The van der Waals surface area contributed by atoms with Crippen LogP contribution in [0.4, 0.5) is 0 Å². The third-order valence-electron chi connectivity index (χ3n) is 4.36. The van der Waals surface area contributed by atoms with Gasteiger partial charge in [0, 0.05) is 44.9 Å². The molecule has 21 heavy (non-hydrogen) atoms. The molecule has 2 aliphatic rings. The molecule has 1 aliphatic carbocycles. The van der Waals surface area contributed by atoms with Crippen molar-refractivity contribution in [1.29, 1.82) is 0 Å². The Morgan fingerprint density at radius 3 is 2.86 bits per heavy atom. The summed E-state index contributed by atoms with van der Waals surface area (Å²) in [5.41, 5.74) is 1.26. The molecule has 1 heterocycles. The summed E-state index contributed by atoms with van der Waals surface area (Å²) >= 11 is 0. The summed E-state index contributed by atoms with van der Waals surface area (Å²) in [6.07, 6.45) is 4.18. The topological polar surface area (TPSA) is 33.7 Å². The van der Waals surface area contributed by atoms with Crippen molar-refractivity contribution in [3.8, 4) is 5.75 Å². The predicted molar refractivity (Wildman–Crippen MR) is 83.7 cm³/mol. The molecular formula is C17H26N2O2.